The molecule has 0 radical (unpaired) electrons. The molecule has 0 atom stereocenters. The van der Waals surface area contributed by atoms with E-state index in [0.29, 0.717) is 11.6 Å². The first-order chi connectivity index (χ1) is 8.74. The molecule has 0 bridgehead atoms. The van der Waals surface area contributed by atoms with Gasteiger partial charge in [0.1, 0.15) is 6.61 Å². The summed E-state index contributed by atoms with van der Waals surface area (Å²) in [6.07, 6.45) is 0.268. The molecular formula is C15H13ClO2. The number of esters is 1. The van der Waals surface area contributed by atoms with Crippen molar-refractivity contribution < 1.29 is 9.53 Å². The maximum Gasteiger partial charge on any atom is 0.310 e. The first-order valence-electron chi connectivity index (χ1n) is 5.68. The normalized spacial score (nSPS) is 10.1. The van der Waals surface area contributed by atoms with E-state index in [1.807, 2.05) is 42.5 Å². The lowest BCUT2D eigenvalue weighted by Gasteiger charge is -2.05. The summed E-state index contributed by atoms with van der Waals surface area (Å²) in [6, 6.07) is 16.8. The largest absolute Gasteiger partial charge is 0.461 e. The van der Waals surface area contributed by atoms with Crippen molar-refractivity contribution in [1.29, 1.82) is 0 Å². The predicted octanol–water partition coefficient (Wildman–Crippen LogP) is 3.63. The minimum absolute atomic E-state index is 0.235. The highest BCUT2D eigenvalue weighted by atomic mass is 35.5. The Bertz CT molecular complexity index is 506. The Kier molecular flexibility index (Phi) is 4.37. The number of hydrogen-bond donors (Lipinski definition) is 0. The molecule has 0 aliphatic rings. The van der Waals surface area contributed by atoms with Crippen LogP contribution >= 0.6 is 11.6 Å². The van der Waals surface area contributed by atoms with Crippen LogP contribution < -0.4 is 0 Å². The molecule has 0 unspecified atom stereocenters. The Hall–Kier alpha value is -1.80. The van der Waals surface area contributed by atoms with Crippen LogP contribution in [-0.4, -0.2) is 5.97 Å². The number of hydrogen-bond acceptors (Lipinski definition) is 2. The van der Waals surface area contributed by atoms with Crippen LogP contribution in [0, 0.1) is 0 Å². The standard InChI is InChI=1S/C15H13ClO2/c16-14-8-6-12(7-9-14)10-15(17)18-11-13-4-2-1-3-5-13/h1-9H,10-11H2. The molecule has 0 amide bonds. The third-order valence-electron chi connectivity index (χ3n) is 2.50. The smallest absolute Gasteiger partial charge is 0.310 e. The molecule has 18 heavy (non-hydrogen) atoms. The Balaban J connectivity index is 1.84. The monoisotopic (exact) mass is 260 g/mol. The van der Waals surface area contributed by atoms with Gasteiger partial charge in [-0.15, -0.1) is 0 Å². The summed E-state index contributed by atoms with van der Waals surface area (Å²) in [5.74, 6) is -0.235. The quantitative estimate of drug-likeness (QED) is 0.785. The Labute approximate surface area is 111 Å². The molecule has 0 aromatic heterocycles. The molecule has 2 aromatic rings. The van der Waals surface area contributed by atoms with Gasteiger partial charge in [0.25, 0.3) is 0 Å². The molecule has 0 spiro atoms. The molecule has 0 aliphatic carbocycles. The molecular weight excluding hydrogens is 248 g/mol. The van der Waals surface area contributed by atoms with E-state index in [0.717, 1.165) is 11.1 Å². The minimum atomic E-state index is -0.235. The highest BCUT2D eigenvalue weighted by Gasteiger charge is 2.05. The molecule has 0 fully saturated rings. The second-order valence-corrected chi connectivity index (χ2v) is 4.39. The maximum atomic E-state index is 11.6. The van der Waals surface area contributed by atoms with Gasteiger partial charge >= 0.3 is 5.97 Å². The van der Waals surface area contributed by atoms with E-state index < -0.39 is 0 Å². The van der Waals surface area contributed by atoms with Crippen LogP contribution in [-0.2, 0) is 22.6 Å². The van der Waals surface area contributed by atoms with Crippen LogP contribution in [0.5, 0.6) is 0 Å². The highest BCUT2D eigenvalue weighted by molar-refractivity contribution is 6.30. The van der Waals surface area contributed by atoms with Gasteiger partial charge in [-0.1, -0.05) is 54.1 Å². The third kappa shape index (κ3) is 3.90. The van der Waals surface area contributed by atoms with E-state index in [4.69, 9.17) is 16.3 Å². The lowest BCUT2D eigenvalue weighted by Crippen LogP contribution is -2.07. The molecule has 0 N–H and O–H groups in total. The van der Waals surface area contributed by atoms with Gasteiger partial charge in [-0.25, -0.2) is 0 Å². The van der Waals surface area contributed by atoms with Gasteiger partial charge in [-0.05, 0) is 23.3 Å². The van der Waals surface area contributed by atoms with Gasteiger partial charge in [0.05, 0.1) is 6.42 Å². The molecule has 0 saturated carbocycles. The first-order valence-corrected chi connectivity index (χ1v) is 6.06. The van der Waals surface area contributed by atoms with Crippen LogP contribution in [0.4, 0.5) is 0 Å². The zero-order valence-corrected chi connectivity index (χ0v) is 10.6. The number of carbonyl (C=O) groups is 1. The Morgan fingerprint density at radius 3 is 2.28 bits per heavy atom. The van der Waals surface area contributed by atoms with E-state index >= 15 is 0 Å². The van der Waals surface area contributed by atoms with E-state index in [1.165, 1.54) is 0 Å². The van der Waals surface area contributed by atoms with E-state index in [1.54, 1.807) is 12.1 Å². The molecule has 2 rings (SSSR count). The van der Waals surface area contributed by atoms with Gasteiger partial charge in [-0.2, -0.15) is 0 Å². The average Bonchev–Trinajstić information content (AvgIpc) is 2.40. The molecule has 92 valence electrons. The summed E-state index contributed by atoms with van der Waals surface area (Å²) in [5.41, 5.74) is 1.89. The van der Waals surface area contributed by atoms with Gasteiger partial charge < -0.3 is 4.74 Å². The Morgan fingerprint density at radius 1 is 0.944 bits per heavy atom. The van der Waals surface area contributed by atoms with Crippen molar-refractivity contribution in [3.05, 3.63) is 70.7 Å². The first kappa shape index (κ1) is 12.7. The van der Waals surface area contributed by atoms with E-state index in [9.17, 15) is 4.79 Å². The maximum absolute atomic E-state index is 11.6. The summed E-state index contributed by atoms with van der Waals surface area (Å²) < 4.78 is 5.19. The summed E-state index contributed by atoms with van der Waals surface area (Å²) in [7, 11) is 0. The van der Waals surface area contributed by atoms with Gasteiger partial charge in [-0.3, -0.25) is 4.79 Å². The molecule has 3 heteroatoms. The summed E-state index contributed by atoms with van der Waals surface area (Å²) in [6.45, 7) is 0.313. The van der Waals surface area contributed by atoms with Crippen LogP contribution in [0.15, 0.2) is 54.6 Å². The fourth-order valence-electron chi connectivity index (χ4n) is 1.56. The number of carbonyl (C=O) groups excluding carboxylic acids is 1. The Morgan fingerprint density at radius 2 is 1.61 bits per heavy atom. The SMILES string of the molecule is O=C(Cc1ccc(Cl)cc1)OCc1ccccc1. The van der Waals surface area contributed by atoms with Crippen molar-refractivity contribution in [3.63, 3.8) is 0 Å². The fourth-order valence-corrected chi connectivity index (χ4v) is 1.68. The van der Waals surface area contributed by atoms with E-state index in [2.05, 4.69) is 0 Å². The third-order valence-corrected chi connectivity index (χ3v) is 2.76. The van der Waals surface area contributed by atoms with Crippen molar-refractivity contribution in [2.45, 2.75) is 13.0 Å². The second-order valence-electron chi connectivity index (χ2n) is 3.95. The predicted molar refractivity (Wildman–Crippen MR) is 71.4 cm³/mol. The van der Waals surface area contributed by atoms with Crippen LogP contribution in [0.1, 0.15) is 11.1 Å². The summed E-state index contributed by atoms with van der Waals surface area (Å²) in [5, 5.41) is 0.663. The second kappa shape index (κ2) is 6.22. The number of halogens is 1. The molecule has 2 aromatic carbocycles. The molecule has 0 aliphatic heterocycles. The molecule has 2 nitrogen and oxygen atoms in total. The summed E-state index contributed by atoms with van der Waals surface area (Å²) in [4.78, 5) is 11.6. The van der Waals surface area contributed by atoms with Crippen LogP contribution in [0.3, 0.4) is 0 Å². The number of rotatable bonds is 4. The van der Waals surface area contributed by atoms with Gasteiger partial charge in [0, 0.05) is 5.02 Å². The van der Waals surface area contributed by atoms with Crippen LogP contribution in [0.25, 0.3) is 0 Å². The molecule has 0 heterocycles. The summed E-state index contributed by atoms with van der Waals surface area (Å²) >= 11 is 5.77. The van der Waals surface area contributed by atoms with Crippen molar-refractivity contribution >= 4 is 17.6 Å². The number of benzene rings is 2. The van der Waals surface area contributed by atoms with Crippen molar-refractivity contribution in [2.75, 3.05) is 0 Å². The van der Waals surface area contributed by atoms with Crippen molar-refractivity contribution in [3.8, 4) is 0 Å². The van der Waals surface area contributed by atoms with E-state index in [-0.39, 0.29) is 12.4 Å². The van der Waals surface area contributed by atoms with Crippen molar-refractivity contribution in [1.82, 2.24) is 0 Å². The lowest BCUT2D eigenvalue weighted by molar-refractivity contribution is -0.144. The molecule has 0 saturated heterocycles. The van der Waals surface area contributed by atoms with Gasteiger partial charge in [0.15, 0.2) is 0 Å². The van der Waals surface area contributed by atoms with Gasteiger partial charge in [0.2, 0.25) is 0 Å². The lowest BCUT2D eigenvalue weighted by atomic mass is 10.1. The number of ether oxygens (including phenoxy) is 1. The zero-order chi connectivity index (χ0) is 12.8. The highest BCUT2D eigenvalue weighted by Crippen LogP contribution is 2.10. The topological polar surface area (TPSA) is 26.3 Å². The van der Waals surface area contributed by atoms with Crippen molar-refractivity contribution in [2.24, 2.45) is 0 Å². The fraction of sp³-hybridized carbons (Fsp3) is 0.133. The zero-order valence-electron chi connectivity index (χ0n) is 9.80. The minimum Gasteiger partial charge on any atom is -0.461 e. The van der Waals surface area contributed by atoms with Crippen LogP contribution in [0.2, 0.25) is 5.02 Å². The average molecular weight is 261 g/mol.